The third-order valence-electron chi connectivity index (χ3n) is 4.98. The van der Waals surface area contributed by atoms with E-state index in [1.807, 2.05) is 0 Å². The van der Waals surface area contributed by atoms with E-state index in [1.54, 1.807) is 0 Å². The van der Waals surface area contributed by atoms with Gasteiger partial charge in [0.25, 0.3) is 0 Å². The number of hydrogen-bond donors (Lipinski definition) is 0. The maximum Gasteiger partial charge on any atom is 0.162 e. The van der Waals surface area contributed by atoms with Gasteiger partial charge in [-0.05, 0) is 43.7 Å². The topological polar surface area (TPSA) is 34.1 Å². The summed E-state index contributed by atoms with van der Waals surface area (Å²) in [5.41, 5.74) is 0.376. The lowest BCUT2D eigenvalue weighted by molar-refractivity contribution is -0.122. The van der Waals surface area contributed by atoms with Crippen LogP contribution in [0.5, 0.6) is 0 Å². The summed E-state index contributed by atoms with van der Waals surface area (Å²) in [6.45, 7) is 1.50. The molecule has 2 aliphatic rings. The quantitative estimate of drug-likeness (QED) is 0.852. The van der Waals surface area contributed by atoms with Gasteiger partial charge in [-0.25, -0.2) is 8.78 Å². The van der Waals surface area contributed by atoms with E-state index in [1.165, 1.54) is 19.1 Å². The van der Waals surface area contributed by atoms with E-state index in [0.29, 0.717) is 12.8 Å². The second-order valence-corrected chi connectivity index (χ2v) is 8.47. The SMILES string of the molecule is Cc1ccc(CC(=O)C2CC3CCCC(C2)S3=O)c(F)c1F. The molecular weight excluding hydrogens is 306 g/mol. The number of fused-ring (bicyclic) bond motifs is 2. The van der Waals surface area contributed by atoms with E-state index in [0.717, 1.165) is 19.3 Å². The lowest BCUT2D eigenvalue weighted by atomic mass is 9.84. The summed E-state index contributed by atoms with van der Waals surface area (Å²) in [7, 11) is -0.817. The molecule has 2 heterocycles. The van der Waals surface area contributed by atoms with Crippen molar-refractivity contribution in [2.24, 2.45) is 5.92 Å². The normalized spacial score (nSPS) is 31.0. The molecule has 0 N–H and O–H groups in total. The fourth-order valence-electron chi connectivity index (χ4n) is 3.65. The van der Waals surface area contributed by atoms with E-state index in [9.17, 15) is 17.8 Å². The zero-order valence-electron chi connectivity index (χ0n) is 12.6. The molecule has 1 aromatic carbocycles. The molecule has 0 amide bonds. The number of hydrogen-bond acceptors (Lipinski definition) is 2. The molecule has 2 unspecified atom stereocenters. The van der Waals surface area contributed by atoms with Gasteiger partial charge >= 0.3 is 0 Å². The summed E-state index contributed by atoms with van der Waals surface area (Å²) < 4.78 is 39.7. The molecule has 0 spiro atoms. The Labute approximate surface area is 131 Å². The van der Waals surface area contributed by atoms with Crippen LogP contribution < -0.4 is 0 Å². The number of benzene rings is 1. The molecule has 2 atom stereocenters. The summed E-state index contributed by atoms with van der Waals surface area (Å²) in [5, 5.41) is 0.224. The van der Waals surface area contributed by atoms with Gasteiger partial charge in [0.05, 0.1) is 0 Å². The Kier molecular flexibility index (Phi) is 4.44. The van der Waals surface area contributed by atoms with E-state index in [2.05, 4.69) is 0 Å². The van der Waals surface area contributed by atoms with Crippen LogP contribution in [0, 0.1) is 24.5 Å². The van der Waals surface area contributed by atoms with Crippen LogP contribution in [0.4, 0.5) is 8.78 Å². The van der Waals surface area contributed by atoms with Crippen molar-refractivity contribution < 1.29 is 17.8 Å². The maximum atomic E-state index is 13.9. The molecule has 2 nitrogen and oxygen atoms in total. The Morgan fingerprint density at radius 2 is 1.82 bits per heavy atom. The molecule has 2 aliphatic heterocycles. The van der Waals surface area contributed by atoms with Crippen molar-refractivity contribution in [2.75, 3.05) is 0 Å². The molecule has 2 fully saturated rings. The Balaban J connectivity index is 1.73. The molecule has 5 heteroatoms. The van der Waals surface area contributed by atoms with Gasteiger partial charge in [-0.3, -0.25) is 9.00 Å². The Hall–Kier alpha value is -1.10. The van der Waals surface area contributed by atoms with Gasteiger partial charge < -0.3 is 0 Å². The minimum atomic E-state index is -0.909. The molecule has 2 bridgehead atoms. The zero-order valence-corrected chi connectivity index (χ0v) is 13.4. The van der Waals surface area contributed by atoms with Crippen LogP contribution in [0.1, 0.15) is 43.2 Å². The van der Waals surface area contributed by atoms with Crippen LogP contribution in [0.25, 0.3) is 0 Å². The van der Waals surface area contributed by atoms with Gasteiger partial charge in [0.15, 0.2) is 11.6 Å². The van der Waals surface area contributed by atoms with E-state index in [4.69, 9.17) is 0 Å². The van der Waals surface area contributed by atoms with Gasteiger partial charge in [-0.15, -0.1) is 0 Å². The lowest BCUT2D eigenvalue weighted by Crippen LogP contribution is -2.41. The number of halogens is 2. The van der Waals surface area contributed by atoms with Crippen molar-refractivity contribution in [1.82, 2.24) is 0 Å². The maximum absolute atomic E-state index is 13.9. The van der Waals surface area contributed by atoms with Crippen LogP contribution in [0.15, 0.2) is 12.1 Å². The number of Topliss-reactive ketones (excluding diaryl/α,β-unsaturated/α-hetero) is 1. The summed E-state index contributed by atoms with van der Waals surface area (Å²) in [5.74, 6) is -1.98. The van der Waals surface area contributed by atoms with Crippen LogP contribution >= 0.6 is 0 Å². The molecule has 2 saturated heterocycles. The van der Waals surface area contributed by atoms with E-state index in [-0.39, 0.29) is 39.7 Å². The van der Waals surface area contributed by atoms with Gasteiger partial charge in [0.1, 0.15) is 5.78 Å². The number of rotatable bonds is 3. The molecule has 1 aromatic rings. The number of ketones is 1. The van der Waals surface area contributed by atoms with Crippen molar-refractivity contribution >= 4 is 16.6 Å². The first-order valence-electron chi connectivity index (χ1n) is 7.83. The predicted molar refractivity (Wildman–Crippen MR) is 82.1 cm³/mol. The highest BCUT2D eigenvalue weighted by Gasteiger charge is 2.40. The molecule has 3 rings (SSSR count). The number of carbonyl (C=O) groups is 1. The third kappa shape index (κ3) is 2.87. The fourth-order valence-corrected chi connectivity index (χ4v) is 5.84. The number of carbonyl (C=O) groups excluding carboxylic acids is 1. The van der Waals surface area contributed by atoms with Crippen molar-refractivity contribution in [3.05, 3.63) is 34.9 Å². The number of aryl methyl sites for hydroxylation is 1. The fraction of sp³-hybridized carbons (Fsp3) is 0.588. The second kappa shape index (κ2) is 6.19. The zero-order chi connectivity index (χ0) is 15.9. The van der Waals surface area contributed by atoms with Gasteiger partial charge in [-0.2, -0.15) is 0 Å². The van der Waals surface area contributed by atoms with Gasteiger partial charge in [-0.1, -0.05) is 18.6 Å². The Bertz CT molecular complexity index is 613. The van der Waals surface area contributed by atoms with Gasteiger partial charge in [0.2, 0.25) is 0 Å². The molecule has 0 radical (unpaired) electrons. The monoisotopic (exact) mass is 326 g/mol. The van der Waals surface area contributed by atoms with Crippen LogP contribution in [0.2, 0.25) is 0 Å². The smallest absolute Gasteiger partial charge is 0.162 e. The summed E-state index contributed by atoms with van der Waals surface area (Å²) in [6, 6.07) is 3.00. The van der Waals surface area contributed by atoms with Crippen LogP contribution in [0.3, 0.4) is 0 Å². The molecule has 0 aliphatic carbocycles. The Morgan fingerprint density at radius 3 is 2.45 bits per heavy atom. The van der Waals surface area contributed by atoms with Gasteiger partial charge in [0, 0.05) is 33.6 Å². The second-order valence-electron chi connectivity index (χ2n) is 6.48. The van der Waals surface area contributed by atoms with Crippen molar-refractivity contribution in [2.45, 2.75) is 55.9 Å². The lowest BCUT2D eigenvalue weighted by Gasteiger charge is -2.37. The molecule has 120 valence electrons. The molecule has 22 heavy (non-hydrogen) atoms. The third-order valence-corrected chi connectivity index (χ3v) is 7.15. The van der Waals surface area contributed by atoms with E-state index >= 15 is 0 Å². The summed E-state index contributed by atoms with van der Waals surface area (Å²) in [6.07, 6.45) is 4.12. The average Bonchev–Trinajstić information content (AvgIpc) is 2.47. The minimum absolute atomic E-state index is 0.0456. The molecule has 0 aromatic heterocycles. The standard InChI is InChI=1S/C17H20F2O2S/c1-10-5-6-11(17(19)16(10)18)9-15(20)12-7-13-3-2-4-14(8-12)22(13)21/h5-6,12-14H,2-4,7-9H2,1H3. The molecular formula is C17H20F2O2S. The Morgan fingerprint density at radius 1 is 1.18 bits per heavy atom. The average molecular weight is 326 g/mol. The first kappa shape index (κ1) is 15.8. The highest BCUT2D eigenvalue weighted by molar-refractivity contribution is 7.86. The first-order valence-corrected chi connectivity index (χ1v) is 9.10. The largest absolute Gasteiger partial charge is 0.299 e. The van der Waals surface area contributed by atoms with Crippen molar-refractivity contribution in [3.63, 3.8) is 0 Å². The minimum Gasteiger partial charge on any atom is -0.299 e. The summed E-state index contributed by atoms with van der Waals surface area (Å²) in [4.78, 5) is 12.5. The summed E-state index contributed by atoms with van der Waals surface area (Å²) >= 11 is 0. The van der Waals surface area contributed by atoms with Crippen molar-refractivity contribution in [3.8, 4) is 0 Å². The molecule has 0 saturated carbocycles. The predicted octanol–water partition coefficient (Wildman–Crippen LogP) is 3.46. The van der Waals surface area contributed by atoms with Crippen molar-refractivity contribution in [1.29, 1.82) is 0 Å². The highest BCUT2D eigenvalue weighted by Crippen LogP contribution is 2.37. The first-order chi connectivity index (χ1) is 10.5. The van der Waals surface area contributed by atoms with Crippen LogP contribution in [-0.2, 0) is 22.0 Å². The van der Waals surface area contributed by atoms with E-state index < -0.39 is 22.4 Å². The highest BCUT2D eigenvalue weighted by atomic mass is 32.2. The van der Waals surface area contributed by atoms with Crippen LogP contribution in [-0.4, -0.2) is 20.5 Å².